The van der Waals surface area contributed by atoms with E-state index in [4.69, 9.17) is 4.74 Å². The standard InChI is InChI=1S/C18H29N3O2S/c1-23-13-17-19-16(14-24-17)18(22)21-10-6-7-15(12-21)11-20-8-4-2-3-5-9-20/h14-15H,2-13H2,1H3. The molecule has 2 saturated heterocycles. The predicted molar refractivity (Wildman–Crippen MR) is 96.4 cm³/mol. The molecule has 3 heterocycles. The summed E-state index contributed by atoms with van der Waals surface area (Å²) in [5.41, 5.74) is 0.586. The maximum absolute atomic E-state index is 12.7. The molecule has 0 bridgehead atoms. The minimum Gasteiger partial charge on any atom is -0.378 e. The summed E-state index contributed by atoms with van der Waals surface area (Å²) >= 11 is 1.51. The predicted octanol–water partition coefficient (Wildman–Crippen LogP) is 3.02. The molecule has 1 aromatic rings. The average molecular weight is 352 g/mol. The summed E-state index contributed by atoms with van der Waals surface area (Å²) in [7, 11) is 1.65. The van der Waals surface area contributed by atoms with E-state index in [1.165, 1.54) is 56.5 Å². The van der Waals surface area contributed by atoms with Gasteiger partial charge in [0.2, 0.25) is 0 Å². The van der Waals surface area contributed by atoms with Gasteiger partial charge in [0, 0.05) is 32.1 Å². The molecule has 0 aromatic carbocycles. The molecular formula is C18H29N3O2S. The van der Waals surface area contributed by atoms with Crippen molar-refractivity contribution in [3.8, 4) is 0 Å². The second kappa shape index (κ2) is 8.92. The summed E-state index contributed by atoms with van der Waals surface area (Å²) < 4.78 is 5.10. The molecular weight excluding hydrogens is 322 g/mol. The Hall–Kier alpha value is -0.980. The third-order valence-corrected chi connectivity index (χ3v) is 5.88. The van der Waals surface area contributed by atoms with Gasteiger partial charge in [-0.3, -0.25) is 4.79 Å². The largest absolute Gasteiger partial charge is 0.378 e. The van der Waals surface area contributed by atoms with Crippen LogP contribution in [-0.4, -0.2) is 60.5 Å². The molecule has 0 N–H and O–H groups in total. The molecule has 1 amide bonds. The van der Waals surface area contributed by atoms with Crippen LogP contribution < -0.4 is 0 Å². The fourth-order valence-corrected chi connectivity index (χ4v) is 4.58. The Morgan fingerprint density at radius 2 is 2.04 bits per heavy atom. The minimum absolute atomic E-state index is 0.0918. The van der Waals surface area contributed by atoms with Gasteiger partial charge in [-0.15, -0.1) is 11.3 Å². The number of piperidine rings is 1. The van der Waals surface area contributed by atoms with Crippen LogP contribution in [0.4, 0.5) is 0 Å². The number of ether oxygens (including phenoxy) is 1. The summed E-state index contributed by atoms with van der Waals surface area (Å²) in [6.07, 6.45) is 7.76. The van der Waals surface area contributed by atoms with E-state index >= 15 is 0 Å². The number of likely N-dealkylation sites (tertiary alicyclic amines) is 2. The van der Waals surface area contributed by atoms with Gasteiger partial charge >= 0.3 is 0 Å². The zero-order valence-electron chi connectivity index (χ0n) is 14.7. The average Bonchev–Trinajstić information content (AvgIpc) is 2.91. The first-order valence-electron chi connectivity index (χ1n) is 9.21. The first-order valence-corrected chi connectivity index (χ1v) is 10.1. The molecule has 2 aliphatic rings. The first-order chi connectivity index (χ1) is 11.8. The SMILES string of the molecule is COCc1nc(C(=O)N2CCCC(CN3CCCCCC3)C2)cs1. The molecule has 1 unspecified atom stereocenters. The zero-order valence-corrected chi connectivity index (χ0v) is 15.5. The van der Waals surface area contributed by atoms with Crippen molar-refractivity contribution in [2.75, 3.05) is 39.8 Å². The Morgan fingerprint density at radius 3 is 2.79 bits per heavy atom. The number of hydrogen-bond acceptors (Lipinski definition) is 5. The Balaban J connectivity index is 1.54. The number of amides is 1. The van der Waals surface area contributed by atoms with E-state index in [0.717, 1.165) is 31.1 Å². The quantitative estimate of drug-likeness (QED) is 0.818. The van der Waals surface area contributed by atoms with Crippen LogP contribution in [0.5, 0.6) is 0 Å². The lowest BCUT2D eigenvalue weighted by Crippen LogP contribution is -2.44. The van der Waals surface area contributed by atoms with Crippen molar-refractivity contribution in [3.63, 3.8) is 0 Å². The van der Waals surface area contributed by atoms with Gasteiger partial charge in [-0.2, -0.15) is 0 Å². The number of carbonyl (C=O) groups excluding carboxylic acids is 1. The van der Waals surface area contributed by atoms with Crippen LogP contribution >= 0.6 is 11.3 Å². The molecule has 0 saturated carbocycles. The second-order valence-electron chi connectivity index (χ2n) is 7.03. The number of rotatable bonds is 5. The van der Waals surface area contributed by atoms with Crippen LogP contribution in [0, 0.1) is 5.92 Å². The number of methoxy groups -OCH3 is 1. The van der Waals surface area contributed by atoms with Gasteiger partial charge < -0.3 is 14.5 Å². The van der Waals surface area contributed by atoms with Gasteiger partial charge in [-0.1, -0.05) is 12.8 Å². The highest BCUT2D eigenvalue weighted by molar-refractivity contribution is 7.09. The molecule has 0 radical (unpaired) electrons. The number of hydrogen-bond donors (Lipinski definition) is 0. The minimum atomic E-state index is 0.0918. The third-order valence-electron chi connectivity index (χ3n) is 5.06. The van der Waals surface area contributed by atoms with Crippen molar-refractivity contribution >= 4 is 17.2 Å². The molecule has 2 aliphatic heterocycles. The van der Waals surface area contributed by atoms with Crippen molar-refractivity contribution in [1.82, 2.24) is 14.8 Å². The highest BCUT2D eigenvalue weighted by Gasteiger charge is 2.27. The fraction of sp³-hybridized carbons (Fsp3) is 0.778. The van der Waals surface area contributed by atoms with Crippen molar-refractivity contribution in [1.29, 1.82) is 0 Å². The van der Waals surface area contributed by atoms with Crippen LogP contribution in [0.3, 0.4) is 0 Å². The fourth-order valence-electron chi connectivity index (χ4n) is 3.84. The summed E-state index contributed by atoms with van der Waals surface area (Å²) in [5, 5.41) is 2.74. The van der Waals surface area contributed by atoms with E-state index < -0.39 is 0 Å². The molecule has 6 heteroatoms. The second-order valence-corrected chi connectivity index (χ2v) is 7.98. The van der Waals surface area contributed by atoms with Crippen molar-refractivity contribution < 1.29 is 9.53 Å². The van der Waals surface area contributed by atoms with E-state index in [1.54, 1.807) is 7.11 Å². The normalized spacial score (nSPS) is 23.2. The highest BCUT2D eigenvalue weighted by Crippen LogP contribution is 2.22. The monoisotopic (exact) mass is 351 g/mol. The van der Waals surface area contributed by atoms with Crippen LogP contribution in [0.25, 0.3) is 0 Å². The lowest BCUT2D eigenvalue weighted by atomic mass is 9.97. The molecule has 134 valence electrons. The Labute approximate surface area is 149 Å². The van der Waals surface area contributed by atoms with Crippen LogP contribution in [-0.2, 0) is 11.3 Å². The van der Waals surface area contributed by atoms with E-state index in [-0.39, 0.29) is 5.91 Å². The molecule has 5 nitrogen and oxygen atoms in total. The number of nitrogens with zero attached hydrogens (tertiary/aromatic N) is 3. The van der Waals surface area contributed by atoms with E-state index in [1.807, 2.05) is 10.3 Å². The molecule has 3 rings (SSSR count). The van der Waals surface area contributed by atoms with E-state index in [2.05, 4.69) is 9.88 Å². The van der Waals surface area contributed by atoms with E-state index in [9.17, 15) is 4.79 Å². The van der Waals surface area contributed by atoms with E-state index in [0.29, 0.717) is 18.2 Å². The maximum Gasteiger partial charge on any atom is 0.273 e. The first kappa shape index (κ1) is 17.8. The van der Waals surface area contributed by atoms with Gasteiger partial charge in [0.1, 0.15) is 10.7 Å². The number of aromatic nitrogens is 1. The molecule has 2 fully saturated rings. The topological polar surface area (TPSA) is 45.7 Å². The summed E-state index contributed by atoms with van der Waals surface area (Å²) in [6, 6.07) is 0. The summed E-state index contributed by atoms with van der Waals surface area (Å²) in [5.74, 6) is 0.701. The highest BCUT2D eigenvalue weighted by atomic mass is 32.1. The third kappa shape index (κ3) is 4.77. The van der Waals surface area contributed by atoms with Gasteiger partial charge in [0.25, 0.3) is 5.91 Å². The molecule has 1 aromatic heterocycles. The van der Waals surface area contributed by atoms with Crippen molar-refractivity contribution in [2.45, 2.75) is 45.1 Å². The zero-order chi connectivity index (χ0) is 16.8. The molecule has 1 atom stereocenters. The van der Waals surface area contributed by atoms with Gasteiger partial charge in [-0.05, 0) is 44.7 Å². The smallest absolute Gasteiger partial charge is 0.273 e. The van der Waals surface area contributed by atoms with Gasteiger partial charge in [0.15, 0.2) is 0 Å². The van der Waals surface area contributed by atoms with Crippen LogP contribution in [0.2, 0.25) is 0 Å². The maximum atomic E-state index is 12.7. The Morgan fingerprint density at radius 1 is 1.25 bits per heavy atom. The lowest BCUT2D eigenvalue weighted by molar-refractivity contribution is 0.0635. The van der Waals surface area contributed by atoms with Crippen LogP contribution in [0.15, 0.2) is 5.38 Å². The van der Waals surface area contributed by atoms with Gasteiger partial charge in [-0.25, -0.2) is 4.98 Å². The Kier molecular flexibility index (Phi) is 6.63. The number of thiazole rings is 1. The van der Waals surface area contributed by atoms with Crippen LogP contribution in [0.1, 0.15) is 54.0 Å². The molecule has 0 aliphatic carbocycles. The summed E-state index contributed by atoms with van der Waals surface area (Å²) in [4.78, 5) is 21.8. The lowest BCUT2D eigenvalue weighted by Gasteiger charge is -2.35. The van der Waals surface area contributed by atoms with Crippen molar-refractivity contribution in [3.05, 3.63) is 16.1 Å². The molecule has 0 spiro atoms. The number of carbonyl (C=O) groups is 1. The van der Waals surface area contributed by atoms with Gasteiger partial charge in [0.05, 0.1) is 6.61 Å². The Bertz CT molecular complexity index is 526. The summed E-state index contributed by atoms with van der Waals surface area (Å²) in [6.45, 7) is 5.85. The van der Waals surface area contributed by atoms with Crippen molar-refractivity contribution in [2.24, 2.45) is 5.92 Å². The molecule has 24 heavy (non-hydrogen) atoms.